The summed E-state index contributed by atoms with van der Waals surface area (Å²) in [5.74, 6) is -2.82. The fraction of sp³-hybridized carbons (Fsp3) is 0.700. The van der Waals surface area contributed by atoms with E-state index in [1.807, 2.05) is 13.8 Å². The molecule has 0 aromatic carbocycles. The van der Waals surface area contributed by atoms with Gasteiger partial charge in [-0.2, -0.15) is 0 Å². The number of aliphatic hydroxyl groups excluding tert-OH is 1. The Hall–Kier alpha value is -1.66. The second kappa shape index (κ2) is 6.20. The number of hydrogen-bond donors (Lipinski definition) is 2. The van der Waals surface area contributed by atoms with Crippen LogP contribution >= 0.6 is 0 Å². The molecule has 26 heavy (non-hydrogen) atoms. The lowest BCUT2D eigenvalue weighted by molar-refractivity contribution is -0.230. The third kappa shape index (κ3) is 2.54. The highest BCUT2D eigenvalue weighted by atomic mass is 16.7. The van der Waals surface area contributed by atoms with E-state index >= 15 is 0 Å². The molecule has 0 amide bonds. The van der Waals surface area contributed by atoms with E-state index < -0.39 is 23.3 Å². The molecular formula is C20H28O6. The predicted octanol–water partition coefficient (Wildman–Crippen LogP) is 2.24. The van der Waals surface area contributed by atoms with Crippen LogP contribution in [0.3, 0.4) is 0 Å². The maximum absolute atomic E-state index is 12.2. The van der Waals surface area contributed by atoms with Gasteiger partial charge in [0.1, 0.15) is 6.10 Å². The lowest BCUT2D eigenvalue weighted by atomic mass is 9.51. The summed E-state index contributed by atoms with van der Waals surface area (Å²) in [6, 6.07) is 0. The van der Waals surface area contributed by atoms with Gasteiger partial charge in [-0.25, -0.2) is 9.59 Å². The summed E-state index contributed by atoms with van der Waals surface area (Å²) in [5.41, 5.74) is 0.473. The van der Waals surface area contributed by atoms with Crippen molar-refractivity contribution >= 4 is 11.9 Å². The number of hydrogen-bond acceptors (Lipinski definition) is 6. The molecule has 1 heterocycles. The zero-order valence-corrected chi connectivity index (χ0v) is 16.0. The highest BCUT2D eigenvalue weighted by Crippen LogP contribution is 2.59. The zero-order valence-electron chi connectivity index (χ0n) is 16.0. The summed E-state index contributed by atoms with van der Waals surface area (Å²) in [5, 5.41) is 22.0. The van der Waals surface area contributed by atoms with Crippen molar-refractivity contribution in [3.05, 3.63) is 22.8 Å². The molecule has 2 fully saturated rings. The number of allylic oxidation sites excluding steroid dienone is 1. The fourth-order valence-electron chi connectivity index (χ4n) is 4.91. The molecule has 3 rings (SSSR count). The fourth-order valence-corrected chi connectivity index (χ4v) is 4.91. The van der Waals surface area contributed by atoms with E-state index in [-0.39, 0.29) is 41.5 Å². The summed E-state index contributed by atoms with van der Waals surface area (Å²) in [6.07, 6.45) is 1.95. The van der Waals surface area contributed by atoms with Gasteiger partial charge in [0, 0.05) is 34.5 Å². The van der Waals surface area contributed by atoms with Crippen molar-refractivity contribution in [2.75, 3.05) is 0 Å². The Kier molecular flexibility index (Phi) is 4.56. The van der Waals surface area contributed by atoms with Gasteiger partial charge in [-0.05, 0) is 39.5 Å². The largest absolute Gasteiger partial charge is 0.459 e. The summed E-state index contributed by atoms with van der Waals surface area (Å²) in [6.45, 7) is 9.00. The second-order valence-electron chi connectivity index (χ2n) is 8.16. The minimum Gasteiger partial charge on any atom is -0.459 e. The summed E-state index contributed by atoms with van der Waals surface area (Å²) in [4.78, 5) is 24.2. The molecule has 0 unspecified atom stereocenters. The van der Waals surface area contributed by atoms with E-state index in [0.29, 0.717) is 18.4 Å². The molecule has 0 spiro atoms. The summed E-state index contributed by atoms with van der Waals surface area (Å²) >= 11 is 0. The van der Waals surface area contributed by atoms with E-state index in [0.717, 1.165) is 0 Å². The standard InChI is InChI=1S/C20H28O6/c1-6-10(2)17(22)25-14-8-7-13-9-20(24)15(11(3)18(23)26-20)16(21)19(13,5)12(14)4/h6,12-14,16,21,24H,7-9H2,1-5H3/t12-,13+,14-,16-,19+,20-/m0/s1. The molecule has 2 N–H and O–H groups in total. The first-order valence-electron chi connectivity index (χ1n) is 9.25. The quantitative estimate of drug-likeness (QED) is 0.577. The van der Waals surface area contributed by atoms with Gasteiger partial charge in [0.25, 0.3) is 0 Å². The minimum atomic E-state index is -1.71. The first-order valence-corrected chi connectivity index (χ1v) is 9.25. The van der Waals surface area contributed by atoms with Gasteiger partial charge >= 0.3 is 11.9 Å². The Bertz CT molecular complexity index is 707. The molecule has 0 aromatic rings. The maximum Gasteiger partial charge on any atom is 0.336 e. The first kappa shape index (κ1) is 19.1. The molecule has 6 heteroatoms. The van der Waals surface area contributed by atoms with Crippen LogP contribution in [0.5, 0.6) is 0 Å². The number of ether oxygens (including phenoxy) is 2. The lowest BCUT2D eigenvalue weighted by Gasteiger charge is -2.57. The van der Waals surface area contributed by atoms with E-state index in [2.05, 4.69) is 0 Å². The third-order valence-electron chi connectivity index (χ3n) is 7.01. The molecule has 0 saturated heterocycles. The molecule has 2 saturated carbocycles. The molecule has 3 aliphatic rings. The Morgan fingerprint density at radius 2 is 2.04 bits per heavy atom. The summed E-state index contributed by atoms with van der Waals surface area (Å²) in [7, 11) is 0. The second-order valence-corrected chi connectivity index (χ2v) is 8.16. The van der Waals surface area contributed by atoms with Crippen LogP contribution in [0.1, 0.15) is 53.9 Å². The van der Waals surface area contributed by atoms with Gasteiger partial charge in [0.2, 0.25) is 5.79 Å². The van der Waals surface area contributed by atoms with Crippen LogP contribution in [0, 0.1) is 17.3 Å². The smallest absolute Gasteiger partial charge is 0.336 e. The molecule has 6 atom stereocenters. The molecule has 2 aliphatic carbocycles. The maximum atomic E-state index is 12.2. The topological polar surface area (TPSA) is 93.1 Å². The van der Waals surface area contributed by atoms with Gasteiger partial charge in [-0.15, -0.1) is 0 Å². The van der Waals surface area contributed by atoms with Crippen LogP contribution in [0.2, 0.25) is 0 Å². The average Bonchev–Trinajstić information content (AvgIpc) is 2.81. The average molecular weight is 364 g/mol. The number of fused-ring (bicyclic) bond motifs is 2. The zero-order chi connectivity index (χ0) is 19.4. The van der Waals surface area contributed by atoms with Crippen molar-refractivity contribution in [2.24, 2.45) is 17.3 Å². The Morgan fingerprint density at radius 3 is 2.65 bits per heavy atom. The molecule has 6 nitrogen and oxygen atoms in total. The molecule has 144 valence electrons. The van der Waals surface area contributed by atoms with Crippen LogP contribution in [0.4, 0.5) is 0 Å². The Labute approximate surface area is 153 Å². The molecule has 1 aliphatic heterocycles. The van der Waals surface area contributed by atoms with E-state index in [9.17, 15) is 19.8 Å². The monoisotopic (exact) mass is 364 g/mol. The molecule has 0 aromatic heterocycles. The van der Waals surface area contributed by atoms with Gasteiger partial charge < -0.3 is 19.7 Å². The van der Waals surface area contributed by atoms with Gasteiger partial charge in [0.05, 0.1) is 6.10 Å². The number of esters is 2. The predicted molar refractivity (Wildman–Crippen MR) is 93.7 cm³/mol. The normalized spacial score (nSPS) is 42.9. The van der Waals surface area contributed by atoms with Crippen molar-refractivity contribution < 1.29 is 29.3 Å². The molecule has 0 radical (unpaired) electrons. The van der Waals surface area contributed by atoms with Crippen molar-refractivity contribution in [1.82, 2.24) is 0 Å². The van der Waals surface area contributed by atoms with Crippen LogP contribution in [-0.2, 0) is 19.1 Å². The van der Waals surface area contributed by atoms with E-state index in [4.69, 9.17) is 9.47 Å². The Balaban J connectivity index is 1.93. The van der Waals surface area contributed by atoms with Crippen molar-refractivity contribution in [3.63, 3.8) is 0 Å². The minimum absolute atomic E-state index is 0.0438. The van der Waals surface area contributed by atoms with Gasteiger partial charge in [-0.1, -0.05) is 19.9 Å². The first-order chi connectivity index (χ1) is 12.1. The van der Waals surface area contributed by atoms with Crippen LogP contribution < -0.4 is 0 Å². The van der Waals surface area contributed by atoms with Crippen molar-refractivity contribution in [2.45, 2.75) is 71.9 Å². The van der Waals surface area contributed by atoms with E-state index in [1.165, 1.54) is 0 Å². The highest BCUT2D eigenvalue weighted by molar-refractivity contribution is 5.92. The Morgan fingerprint density at radius 1 is 1.38 bits per heavy atom. The lowest BCUT2D eigenvalue weighted by Crippen LogP contribution is -2.61. The SMILES string of the molecule is CC=C(C)C(=O)O[C@H]1CC[C@@H]2C[C@]3(O)OC(=O)C(C)=C3[C@H](O)[C@]2(C)[C@H]1C. The number of rotatable bonds is 2. The molecule has 0 bridgehead atoms. The van der Waals surface area contributed by atoms with Crippen LogP contribution in [-0.4, -0.2) is 40.1 Å². The summed E-state index contributed by atoms with van der Waals surface area (Å²) < 4.78 is 10.9. The van der Waals surface area contributed by atoms with Gasteiger partial charge in [0.15, 0.2) is 0 Å². The highest BCUT2D eigenvalue weighted by Gasteiger charge is 2.64. The van der Waals surface area contributed by atoms with Crippen molar-refractivity contribution in [3.8, 4) is 0 Å². The van der Waals surface area contributed by atoms with Gasteiger partial charge in [-0.3, -0.25) is 0 Å². The van der Waals surface area contributed by atoms with E-state index in [1.54, 1.807) is 26.8 Å². The number of carbonyl (C=O) groups excluding carboxylic acids is 2. The van der Waals surface area contributed by atoms with Crippen LogP contribution in [0.25, 0.3) is 0 Å². The number of carbonyl (C=O) groups is 2. The van der Waals surface area contributed by atoms with Crippen molar-refractivity contribution in [1.29, 1.82) is 0 Å². The number of aliphatic hydroxyl groups is 2. The molecular weight excluding hydrogens is 336 g/mol. The van der Waals surface area contributed by atoms with Crippen LogP contribution in [0.15, 0.2) is 22.8 Å². The third-order valence-corrected chi connectivity index (χ3v) is 7.01.